The molecule has 0 amide bonds. The van der Waals surface area contributed by atoms with Gasteiger partial charge in [-0.1, -0.05) is 23.7 Å². The lowest BCUT2D eigenvalue weighted by molar-refractivity contribution is 0.475. The van der Waals surface area contributed by atoms with Crippen LogP contribution in [-0.4, -0.2) is 9.48 Å². The molecule has 2 rings (SSSR count). The molecule has 0 bridgehead atoms. The number of benzene rings is 1. The summed E-state index contributed by atoms with van der Waals surface area (Å²) in [6.45, 7) is 0. The van der Waals surface area contributed by atoms with Gasteiger partial charge in [0.15, 0.2) is 0 Å². The van der Waals surface area contributed by atoms with Crippen LogP contribution in [0.1, 0.15) is 0 Å². The third-order valence-corrected chi connectivity index (χ3v) is 2.53. The largest absolute Gasteiger partial charge is 0.508 e. The van der Waals surface area contributed by atoms with Crippen molar-refractivity contribution in [2.75, 3.05) is 0 Å². The molecular weight excluding hydrogens is 186 g/mol. The lowest BCUT2D eigenvalue weighted by atomic mass is 10.2. The zero-order valence-electron chi connectivity index (χ0n) is 6.65. The molecule has 2 aromatic rings. The van der Waals surface area contributed by atoms with E-state index in [-0.39, 0.29) is 11.3 Å². The SMILES string of the molecule is O=c1cc(-c2cccc(O)c2)s[nH]1. The number of nitrogens with one attached hydrogen (secondary N) is 1. The molecule has 1 aromatic heterocycles. The average molecular weight is 193 g/mol. The van der Waals surface area contributed by atoms with Crippen LogP contribution in [0.25, 0.3) is 10.4 Å². The minimum Gasteiger partial charge on any atom is -0.508 e. The fraction of sp³-hybridized carbons (Fsp3) is 0. The Bertz CT molecular complexity index is 472. The molecule has 1 heterocycles. The Hall–Kier alpha value is -1.55. The average Bonchev–Trinajstić information content (AvgIpc) is 2.52. The van der Waals surface area contributed by atoms with Crippen molar-refractivity contribution >= 4 is 11.5 Å². The molecule has 3 nitrogen and oxygen atoms in total. The number of phenols is 1. The van der Waals surface area contributed by atoms with Gasteiger partial charge in [0.2, 0.25) is 0 Å². The summed E-state index contributed by atoms with van der Waals surface area (Å²) in [6.07, 6.45) is 0. The molecule has 0 spiro atoms. The van der Waals surface area contributed by atoms with Gasteiger partial charge in [-0.3, -0.25) is 9.17 Å². The number of aromatic hydroxyl groups is 1. The molecule has 0 aliphatic rings. The number of hydrogen-bond acceptors (Lipinski definition) is 3. The molecule has 0 saturated carbocycles. The highest BCUT2D eigenvalue weighted by atomic mass is 32.1. The standard InChI is InChI=1S/C9H7NO2S/c11-7-3-1-2-6(4-7)8-5-9(12)10-13-8/h1-5,11H,(H,10,12). The normalized spacial score (nSPS) is 10.2. The molecule has 66 valence electrons. The van der Waals surface area contributed by atoms with E-state index in [1.807, 2.05) is 6.07 Å². The smallest absolute Gasteiger partial charge is 0.258 e. The van der Waals surface area contributed by atoms with Crippen LogP contribution in [-0.2, 0) is 0 Å². The van der Waals surface area contributed by atoms with Gasteiger partial charge in [0, 0.05) is 6.07 Å². The first-order valence-electron chi connectivity index (χ1n) is 3.73. The Morgan fingerprint density at radius 3 is 2.77 bits per heavy atom. The van der Waals surface area contributed by atoms with Crippen molar-refractivity contribution in [3.63, 3.8) is 0 Å². The van der Waals surface area contributed by atoms with Crippen molar-refractivity contribution in [2.45, 2.75) is 0 Å². The van der Waals surface area contributed by atoms with E-state index in [2.05, 4.69) is 4.37 Å². The molecule has 0 radical (unpaired) electrons. The van der Waals surface area contributed by atoms with Crippen LogP contribution < -0.4 is 5.56 Å². The molecule has 4 heteroatoms. The number of rotatable bonds is 1. The van der Waals surface area contributed by atoms with Crippen molar-refractivity contribution in [2.24, 2.45) is 0 Å². The van der Waals surface area contributed by atoms with Gasteiger partial charge < -0.3 is 5.11 Å². The van der Waals surface area contributed by atoms with Crippen molar-refractivity contribution in [3.05, 3.63) is 40.7 Å². The molecule has 0 aliphatic heterocycles. The van der Waals surface area contributed by atoms with Crippen LogP contribution in [0.15, 0.2) is 35.1 Å². The summed E-state index contributed by atoms with van der Waals surface area (Å²) in [7, 11) is 0. The lowest BCUT2D eigenvalue weighted by Crippen LogP contribution is -1.91. The molecule has 13 heavy (non-hydrogen) atoms. The van der Waals surface area contributed by atoms with Crippen LogP contribution in [0, 0.1) is 0 Å². The Labute approximate surface area is 78.4 Å². The van der Waals surface area contributed by atoms with Crippen molar-refractivity contribution in [1.82, 2.24) is 4.37 Å². The van der Waals surface area contributed by atoms with Gasteiger partial charge >= 0.3 is 0 Å². The Morgan fingerprint density at radius 1 is 1.31 bits per heavy atom. The molecule has 0 saturated heterocycles. The van der Waals surface area contributed by atoms with Crippen molar-refractivity contribution in [3.8, 4) is 16.2 Å². The summed E-state index contributed by atoms with van der Waals surface area (Å²) in [6, 6.07) is 8.32. The summed E-state index contributed by atoms with van der Waals surface area (Å²) in [5.41, 5.74) is 0.742. The van der Waals surface area contributed by atoms with Gasteiger partial charge in [-0.05, 0) is 17.7 Å². The maximum Gasteiger partial charge on any atom is 0.258 e. The summed E-state index contributed by atoms with van der Waals surface area (Å²) in [4.78, 5) is 11.7. The van der Waals surface area contributed by atoms with Crippen molar-refractivity contribution in [1.29, 1.82) is 0 Å². The number of aromatic amines is 1. The van der Waals surface area contributed by atoms with E-state index in [0.29, 0.717) is 0 Å². The van der Waals surface area contributed by atoms with Crippen LogP contribution in [0.3, 0.4) is 0 Å². The minimum absolute atomic E-state index is 0.108. The van der Waals surface area contributed by atoms with Crippen LogP contribution in [0.4, 0.5) is 0 Å². The third kappa shape index (κ3) is 1.62. The molecule has 0 atom stereocenters. The fourth-order valence-corrected chi connectivity index (χ4v) is 1.76. The number of H-pyrrole nitrogens is 1. The van der Waals surface area contributed by atoms with E-state index in [9.17, 15) is 9.90 Å². The van der Waals surface area contributed by atoms with Gasteiger partial charge in [-0.25, -0.2) is 0 Å². The second-order valence-electron chi connectivity index (χ2n) is 2.63. The second kappa shape index (κ2) is 3.06. The Morgan fingerprint density at radius 2 is 2.15 bits per heavy atom. The van der Waals surface area contributed by atoms with Gasteiger partial charge in [-0.15, -0.1) is 0 Å². The highest BCUT2D eigenvalue weighted by Gasteiger charge is 2.01. The first-order valence-corrected chi connectivity index (χ1v) is 4.55. The number of aromatic nitrogens is 1. The van der Waals surface area contributed by atoms with Crippen LogP contribution in [0.5, 0.6) is 5.75 Å². The van der Waals surface area contributed by atoms with E-state index in [1.54, 1.807) is 18.2 Å². The maximum absolute atomic E-state index is 10.8. The molecule has 0 unspecified atom stereocenters. The third-order valence-electron chi connectivity index (χ3n) is 1.65. The van der Waals surface area contributed by atoms with Gasteiger partial charge in [0.1, 0.15) is 5.75 Å². The van der Waals surface area contributed by atoms with Crippen LogP contribution >= 0.6 is 11.5 Å². The summed E-state index contributed by atoms with van der Waals surface area (Å²) >= 11 is 1.26. The van der Waals surface area contributed by atoms with Crippen molar-refractivity contribution < 1.29 is 5.11 Å². The minimum atomic E-state index is -0.108. The van der Waals surface area contributed by atoms with Gasteiger partial charge in [0.05, 0.1) is 4.88 Å². The Balaban J connectivity index is 2.52. The lowest BCUT2D eigenvalue weighted by Gasteiger charge is -1.95. The zero-order valence-corrected chi connectivity index (χ0v) is 7.47. The molecule has 0 fully saturated rings. The Kier molecular flexibility index (Phi) is 1.90. The first kappa shape index (κ1) is 8.07. The van der Waals surface area contributed by atoms with Crippen LogP contribution in [0.2, 0.25) is 0 Å². The van der Waals surface area contributed by atoms with E-state index < -0.39 is 0 Å². The van der Waals surface area contributed by atoms with E-state index in [0.717, 1.165) is 10.4 Å². The topological polar surface area (TPSA) is 53.1 Å². The fourth-order valence-electron chi connectivity index (χ4n) is 1.08. The number of phenolic OH excluding ortho intramolecular Hbond substituents is 1. The second-order valence-corrected chi connectivity index (χ2v) is 3.48. The highest BCUT2D eigenvalue weighted by molar-refractivity contribution is 7.09. The van der Waals surface area contributed by atoms with Gasteiger partial charge in [-0.2, -0.15) is 0 Å². The monoisotopic (exact) mass is 193 g/mol. The summed E-state index contributed by atoms with van der Waals surface area (Å²) in [5, 5.41) is 9.20. The van der Waals surface area contributed by atoms with E-state index >= 15 is 0 Å². The number of hydrogen-bond donors (Lipinski definition) is 2. The molecule has 2 N–H and O–H groups in total. The zero-order chi connectivity index (χ0) is 9.26. The molecule has 1 aromatic carbocycles. The van der Waals surface area contributed by atoms with E-state index in [4.69, 9.17) is 0 Å². The molecular formula is C9H7NO2S. The maximum atomic E-state index is 10.8. The summed E-state index contributed by atoms with van der Waals surface area (Å²) in [5.74, 6) is 0.207. The predicted molar refractivity (Wildman–Crippen MR) is 52.0 cm³/mol. The first-order chi connectivity index (χ1) is 6.25. The highest BCUT2D eigenvalue weighted by Crippen LogP contribution is 2.24. The van der Waals surface area contributed by atoms with Gasteiger partial charge in [0.25, 0.3) is 5.56 Å². The summed E-state index contributed by atoms with van der Waals surface area (Å²) < 4.78 is 2.59. The van der Waals surface area contributed by atoms with E-state index in [1.165, 1.54) is 17.6 Å². The molecule has 0 aliphatic carbocycles. The quantitative estimate of drug-likeness (QED) is 0.725. The predicted octanol–water partition coefficient (Wildman–Crippen LogP) is 1.81.